The highest BCUT2D eigenvalue weighted by molar-refractivity contribution is 5.45. The van der Waals surface area contributed by atoms with Crippen molar-refractivity contribution in [1.29, 1.82) is 0 Å². The van der Waals surface area contributed by atoms with Crippen LogP contribution in [-0.4, -0.2) is 60.6 Å². The summed E-state index contributed by atoms with van der Waals surface area (Å²) < 4.78 is 3.28. The van der Waals surface area contributed by atoms with Crippen LogP contribution in [-0.2, 0) is 13.6 Å². The molecule has 0 aromatic carbocycles. The lowest BCUT2D eigenvalue weighted by Gasteiger charge is -2.22. The molecule has 9 nitrogen and oxygen atoms in total. The predicted octanol–water partition coefficient (Wildman–Crippen LogP) is 0.941. The average molecular weight is 406 g/mol. The third kappa shape index (κ3) is 3.49. The fraction of sp³-hybridized carbons (Fsp3) is 0.476. The molecule has 3 aromatic heterocycles. The number of rotatable bonds is 4. The molecule has 2 atom stereocenters. The topological polar surface area (TPSA) is 85.0 Å². The number of anilines is 1. The van der Waals surface area contributed by atoms with Crippen molar-refractivity contribution < 1.29 is 0 Å². The van der Waals surface area contributed by atoms with Gasteiger partial charge in [0, 0.05) is 57.6 Å². The molecule has 2 fully saturated rings. The quantitative estimate of drug-likeness (QED) is 0.637. The van der Waals surface area contributed by atoms with E-state index in [1.165, 1.54) is 4.68 Å². The van der Waals surface area contributed by atoms with E-state index >= 15 is 0 Å². The maximum atomic E-state index is 11.5. The molecule has 0 amide bonds. The molecule has 0 saturated carbocycles. The molecule has 156 valence electrons. The van der Waals surface area contributed by atoms with Gasteiger partial charge in [0.05, 0.1) is 11.4 Å². The first-order valence-corrected chi connectivity index (χ1v) is 10.3. The van der Waals surface area contributed by atoms with E-state index in [4.69, 9.17) is 0 Å². The van der Waals surface area contributed by atoms with Crippen LogP contribution in [0.25, 0.3) is 5.82 Å². The Balaban J connectivity index is 1.26. The zero-order chi connectivity index (χ0) is 20.8. The lowest BCUT2D eigenvalue weighted by atomic mass is 10.0. The van der Waals surface area contributed by atoms with E-state index in [0.29, 0.717) is 11.8 Å². The molecular formula is C21H26N8O. The molecule has 2 aliphatic heterocycles. The van der Waals surface area contributed by atoms with Crippen molar-refractivity contribution in [3.05, 3.63) is 58.0 Å². The van der Waals surface area contributed by atoms with Gasteiger partial charge in [0.1, 0.15) is 12.1 Å². The van der Waals surface area contributed by atoms with Crippen LogP contribution in [0.4, 0.5) is 5.82 Å². The number of likely N-dealkylation sites (tertiary alicyclic amines) is 1. The van der Waals surface area contributed by atoms with Crippen molar-refractivity contribution >= 4 is 5.82 Å². The van der Waals surface area contributed by atoms with Gasteiger partial charge in [0.2, 0.25) is 0 Å². The van der Waals surface area contributed by atoms with Gasteiger partial charge >= 0.3 is 0 Å². The lowest BCUT2D eigenvalue weighted by Crippen LogP contribution is -2.30. The number of hydrogen-bond donors (Lipinski definition) is 0. The summed E-state index contributed by atoms with van der Waals surface area (Å²) in [6.07, 6.45) is 1.63. The molecule has 0 bridgehead atoms. The maximum Gasteiger partial charge on any atom is 0.266 e. The third-order valence-electron chi connectivity index (χ3n) is 6.15. The molecule has 30 heavy (non-hydrogen) atoms. The Hall–Kier alpha value is -3.07. The van der Waals surface area contributed by atoms with E-state index in [9.17, 15) is 4.79 Å². The van der Waals surface area contributed by atoms with E-state index < -0.39 is 0 Å². The maximum absolute atomic E-state index is 11.5. The molecule has 2 saturated heterocycles. The van der Waals surface area contributed by atoms with Crippen molar-refractivity contribution in [2.75, 3.05) is 31.1 Å². The third-order valence-corrected chi connectivity index (χ3v) is 6.15. The van der Waals surface area contributed by atoms with Gasteiger partial charge in [0.25, 0.3) is 5.56 Å². The first kappa shape index (κ1) is 18.9. The Labute approximate surface area is 175 Å². The number of nitrogens with zero attached hydrogens (tertiary/aromatic N) is 8. The monoisotopic (exact) mass is 406 g/mol. The zero-order valence-corrected chi connectivity index (χ0v) is 17.6. The van der Waals surface area contributed by atoms with E-state index in [1.807, 2.05) is 30.7 Å². The average Bonchev–Trinajstić information content (AvgIpc) is 3.37. The summed E-state index contributed by atoms with van der Waals surface area (Å²) in [5.41, 5.74) is 2.92. The van der Waals surface area contributed by atoms with Gasteiger partial charge < -0.3 is 4.90 Å². The number of hydrogen-bond acceptors (Lipinski definition) is 7. The van der Waals surface area contributed by atoms with E-state index in [1.54, 1.807) is 19.4 Å². The SMILES string of the molecule is Cc1cc(C)n(-c2cc(N3CC4CN(Cc5ccc(=O)n(C)n5)CC4C3)ncn2)n1. The van der Waals surface area contributed by atoms with Gasteiger partial charge in [-0.1, -0.05) is 0 Å². The van der Waals surface area contributed by atoms with Crippen molar-refractivity contribution in [3.8, 4) is 5.82 Å². The normalized spacial score (nSPS) is 21.4. The second kappa shape index (κ2) is 7.32. The number of aryl methyl sites for hydroxylation is 3. The molecule has 0 aliphatic carbocycles. The van der Waals surface area contributed by atoms with Crippen molar-refractivity contribution in [2.24, 2.45) is 18.9 Å². The largest absolute Gasteiger partial charge is 0.356 e. The molecule has 0 radical (unpaired) electrons. The second-order valence-corrected chi connectivity index (χ2v) is 8.48. The van der Waals surface area contributed by atoms with Crippen LogP contribution in [0.3, 0.4) is 0 Å². The molecule has 5 rings (SSSR count). The molecule has 9 heteroatoms. The van der Waals surface area contributed by atoms with Crippen molar-refractivity contribution in [3.63, 3.8) is 0 Å². The summed E-state index contributed by atoms with van der Waals surface area (Å²) in [6.45, 7) is 8.89. The van der Waals surface area contributed by atoms with E-state index in [0.717, 1.165) is 61.4 Å². The highest BCUT2D eigenvalue weighted by Gasteiger charge is 2.40. The van der Waals surface area contributed by atoms with Crippen molar-refractivity contribution in [1.82, 2.24) is 34.4 Å². The summed E-state index contributed by atoms with van der Waals surface area (Å²) in [6, 6.07) is 7.52. The standard InChI is InChI=1S/C21H26N8O/c1-14-6-15(2)29(24-14)20-7-19(22-13-23-20)28-10-16-8-27(9-17(16)11-28)12-18-4-5-21(30)26(3)25-18/h4-7,13,16-17H,8-12H2,1-3H3. The Morgan fingerprint density at radius 3 is 2.37 bits per heavy atom. The number of fused-ring (bicyclic) bond motifs is 1. The minimum absolute atomic E-state index is 0.0719. The molecule has 0 spiro atoms. The first-order valence-electron chi connectivity index (χ1n) is 10.3. The summed E-state index contributed by atoms with van der Waals surface area (Å²) >= 11 is 0. The highest BCUT2D eigenvalue weighted by atomic mass is 16.1. The fourth-order valence-corrected chi connectivity index (χ4v) is 4.76. The predicted molar refractivity (Wildman–Crippen MR) is 113 cm³/mol. The first-order chi connectivity index (χ1) is 14.5. The number of aromatic nitrogens is 6. The molecule has 5 heterocycles. The van der Waals surface area contributed by atoms with Crippen LogP contribution in [0.15, 0.2) is 35.4 Å². The van der Waals surface area contributed by atoms with Crippen LogP contribution in [0.2, 0.25) is 0 Å². The van der Waals surface area contributed by atoms with Gasteiger partial charge in [-0.25, -0.2) is 19.3 Å². The minimum atomic E-state index is -0.0719. The van der Waals surface area contributed by atoms with Crippen LogP contribution in [0, 0.1) is 25.7 Å². The molecular weight excluding hydrogens is 380 g/mol. The highest BCUT2D eigenvalue weighted by Crippen LogP contribution is 2.34. The Morgan fingerprint density at radius 1 is 0.967 bits per heavy atom. The van der Waals surface area contributed by atoms with Crippen LogP contribution in [0.5, 0.6) is 0 Å². The van der Waals surface area contributed by atoms with E-state index in [-0.39, 0.29) is 5.56 Å². The van der Waals surface area contributed by atoms with Gasteiger partial charge in [0.15, 0.2) is 5.82 Å². The van der Waals surface area contributed by atoms with Crippen LogP contribution in [0.1, 0.15) is 17.1 Å². The van der Waals surface area contributed by atoms with Gasteiger partial charge in [-0.2, -0.15) is 10.2 Å². The zero-order valence-electron chi connectivity index (χ0n) is 17.6. The smallest absolute Gasteiger partial charge is 0.266 e. The Morgan fingerprint density at radius 2 is 1.70 bits per heavy atom. The lowest BCUT2D eigenvalue weighted by molar-refractivity contribution is 0.302. The second-order valence-electron chi connectivity index (χ2n) is 8.48. The molecule has 2 unspecified atom stereocenters. The van der Waals surface area contributed by atoms with Gasteiger partial charge in [-0.3, -0.25) is 9.69 Å². The Bertz CT molecular complexity index is 1120. The summed E-state index contributed by atoms with van der Waals surface area (Å²) in [5.74, 6) is 3.01. The summed E-state index contributed by atoms with van der Waals surface area (Å²) in [4.78, 5) is 25.3. The van der Waals surface area contributed by atoms with Gasteiger partial charge in [-0.15, -0.1) is 0 Å². The summed E-state index contributed by atoms with van der Waals surface area (Å²) in [5, 5.41) is 8.91. The Kier molecular flexibility index (Phi) is 4.62. The molecule has 2 aliphatic rings. The fourth-order valence-electron chi connectivity index (χ4n) is 4.76. The molecule has 0 N–H and O–H groups in total. The van der Waals surface area contributed by atoms with Gasteiger partial charge in [-0.05, 0) is 37.8 Å². The van der Waals surface area contributed by atoms with E-state index in [2.05, 4.69) is 36.0 Å². The summed E-state index contributed by atoms with van der Waals surface area (Å²) in [7, 11) is 1.70. The molecule has 3 aromatic rings. The van der Waals surface area contributed by atoms with Crippen LogP contribution < -0.4 is 10.5 Å². The van der Waals surface area contributed by atoms with Crippen molar-refractivity contribution in [2.45, 2.75) is 20.4 Å². The minimum Gasteiger partial charge on any atom is -0.356 e. The van der Waals surface area contributed by atoms with Crippen LogP contribution >= 0.6 is 0 Å².